The number of carbonyl (C=O) groups excluding carboxylic acids is 1. The Morgan fingerprint density at radius 2 is 1.43 bits per heavy atom. The summed E-state index contributed by atoms with van der Waals surface area (Å²) >= 11 is 0. The molecule has 3 rings (SSSR count). The van der Waals surface area contributed by atoms with Gasteiger partial charge in [-0.1, -0.05) is 41.6 Å². The Hall–Kier alpha value is -4.15. The normalized spacial score (nSPS) is 15.3. The van der Waals surface area contributed by atoms with Gasteiger partial charge in [-0.25, -0.2) is 0 Å². The molecule has 0 bridgehead atoms. The Morgan fingerprint density at radius 3 is 1.89 bits per heavy atom. The summed E-state index contributed by atoms with van der Waals surface area (Å²) in [6, 6.07) is 8.19. The number of hydrogen-bond donors (Lipinski definition) is 2. The third kappa shape index (κ3) is 6.69. The number of oxime groups is 1. The van der Waals surface area contributed by atoms with Gasteiger partial charge in [-0.15, -0.1) is 0 Å². The molecule has 0 saturated heterocycles. The first-order chi connectivity index (χ1) is 16.5. The maximum absolute atomic E-state index is 12.9. The Labute approximate surface area is 195 Å². The molecule has 1 heterocycles. The van der Waals surface area contributed by atoms with Crippen molar-refractivity contribution in [2.24, 2.45) is 10.1 Å². The summed E-state index contributed by atoms with van der Waals surface area (Å²) in [5, 5.41) is 14.5. The predicted molar refractivity (Wildman–Crippen MR) is 118 cm³/mol. The van der Waals surface area contributed by atoms with Crippen LogP contribution in [-0.4, -0.2) is 29.6 Å². The molecule has 1 aliphatic heterocycles. The molecule has 0 spiro atoms. The summed E-state index contributed by atoms with van der Waals surface area (Å²) in [6.07, 6.45) is -2.46. The highest BCUT2D eigenvalue weighted by atomic mass is 19.4. The van der Waals surface area contributed by atoms with E-state index in [0.29, 0.717) is 11.1 Å². The number of benzene rings is 2. The second kappa shape index (κ2) is 10.4. The van der Waals surface area contributed by atoms with Gasteiger partial charge >= 0.3 is 12.4 Å². The molecule has 5 nitrogen and oxygen atoms in total. The van der Waals surface area contributed by atoms with E-state index in [0.717, 1.165) is 30.3 Å². The number of dihydropyridines is 1. The average molecular weight is 493 g/mol. The van der Waals surface area contributed by atoms with Crippen LogP contribution >= 0.6 is 0 Å². The van der Waals surface area contributed by atoms with Gasteiger partial charge in [0.25, 0.3) is 0 Å². The fourth-order valence-corrected chi connectivity index (χ4v) is 3.09. The minimum absolute atomic E-state index is 0.0677. The molecule has 2 N–H and O–H groups in total. The van der Waals surface area contributed by atoms with Gasteiger partial charge < -0.3 is 10.5 Å². The highest BCUT2D eigenvalue weighted by molar-refractivity contribution is 6.09. The zero-order valence-electron chi connectivity index (χ0n) is 17.7. The highest BCUT2D eigenvalue weighted by Crippen LogP contribution is 2.33. The third-order valence-electron chi connectivity index (χ3n) is 4.83. The second-order valence-electron chi connectivity index (χ2n) is 7.20. The third-order valence-corrected chi connectivity index (χ3v) is 4.83. The van der Waals surface area contributed by atoms with Gasteiger partial charge in [0.1, 0.15) is 5.71 Å². The van der Waals surface area contributed by atoms with E-state index in [2.05, 4.69) is 15.5 Å². The molecule has 0 saturated carbocycles. The number of alkyl halides is 6. The van der Waals surface area contributed by atoms with Gasteiger partial charge in [0.2, 0.25) is 5.91 Å². The summed E-state index contributed by atoms with van der Waals surface area (Å²) in [5.41, 5.74) is -0.514. The number of amides is 1. The van der Waals surface area contributed by atoms with Crippen LogP contribution < -0.4 is 5.32 Å². The zero-order valence-corrected chi connectivity index (χ0v) is 17.7. The van der Waals surface area contributed by atoms with Crippen LogP contribution in [-0.2, 0) is 17.1 Å². The monoisotopic (exact) mass is 493 g/mol. The standard InChI is InChI=1S/C24H17F6N3O2/c25-23(26,27)17-8-4-15(5-9-17)19(16-6-10-18(11-7-16)24(28,29)30)2-1-3-22(34)32-20-12-13-31-14-21(20)33-35/h1-13,35H,14H2,(H,32,34)/b3-1+,33-21?. The van der Waals surface area contributed by atoms with Crippen LogP contribution in [0.4, 0.5) is 26.3 Å². The topological polar surface area (TPSA) is 74.0 Å². The number of allylic oxidation sites excluding steroid dienone is 3. The van der Waals surface area contributed by atoms with Crippen LogP contribution in [0.1, 0.15) is 22.3 Å². The van der Waals surface area contributed by atoms with Crippen LogP contribution in [0.25, 0.3) is 5.57 Å². The zero-order chi connectivity index (χ0) is 25.6. The van der Waals surface area contributed by atoms with Crippen molar-refractivity contribution in [1.29, 1.82) is 0 Å². The van der Waals surface area contributed by atoms with Crippen molar-refractivity contribution < 1.29 is 36.3 Å². The molecule has 2 aromatic carbocycles. The second-order valence-corrected chi connectivity index (χ2v) is 7.20. The summed E-state index contributed by atoms with van der Waals surface area (Å²) in [5.74, 6) is -0.608. The molecule has 35 heavy (non-hydrogen) atoms. The number of nitrogens with one attached hydrogen (secondary N) is 1. The van der Waals surface area contributed by atoms with Crippen molar-refractivity contribution in [2.45, 2.75) is 12.4 Å². The number of rotatable bonds is 5. The van der Waals surface area contributed by atoms with E-state index >= 15 is 0 Å². The maximum atomic E-state index is 12.9. The fourth-order valence-electron chi connectivity index (χ4n) is 3.09. The molecule has 2 aromatic rings. The number of nitrogens with zero attached hydrogens (tertiary/aromatic N) is 2. The average Bonchev–Trinajstić information content (AvgIpc) is 2.81. The van der Waals surface area contributed by atoms with E-state index in [-0.39, 0.29) is 23.5 Å². The number of hydrogen-bond acceptors (Lipinski definition) is 4. The van der Waals surface area contributed by atoms with Gasteiger partial charge in [0.15, 0.2) is 0 Å². The number of aliphatic imine (C=N–C) groups is 1. The molecule has 1 amide bonds. The molecule has 11 heteroatoms. The molecule has 0 atom stereocenters. The van der Waals surface area contributed by atoms with Crippen molar-refractivity contribution in [1.82, 2.24) is 5.32 Å². The minimum Gasteiger partial charge on any atom is -0.411 e. The molecule has 0 fully saturated rings. The Bertz CT molecular complexity index is 1160. The molecular weight excluding hydrogens is 476 g/mol. The lowest BCUT2D eigenvalue weighted by Gasteiger charge is -2.12. The first kappa shape index (κ1) is 25.5. The van der Waals surface area contributed by atoms with E-state index in [1.54, 1.807) is 0 Å². The van der Waals surface area contributed by atoms with Crippen LogP contribution in [0.15, 0.2) is 88.7 Å². The van der Waals surface area contributed by atoms with E-state index < -0.39 is 29.4 Å². The Morgan fingerprint density at radius 1 is 0.914 bits per heavy atom. The lowest BCUT2D eigenvalue weighted by atomic mass is 9.95. The van der Waals surface area contributed by atoms with Gasteiger partial charge in [0.05, 0.1) is 23.4 Å². The van der Waals surface area contributed by atoms with Gasteiger partial charge in [-0.2, -0.15) is 26.3 Å². The van der Waals surface area contributed by atoms with Gasteiger partial charge in [-0.05, 0) is 47.0 Å². The van der Waals surface area contributed by atoms with Gasteiger partial charge in [-0.3, -0.25) is 9.79 Å². The van der Waals surface area contributed by atoms with Crippen LogP contribution in [0, 0.1) is 0 Å². The molecule has 0 unspecified atom stereocenters. The van der Waals surface area contributed by atoms with Crippen LogP contribution in [0.3, 0.4) is 0 Å². The number of halogens is 6. The molecule has 0 aromatic heterocycles. The first-order valence-corrected chi connectivity index (χ1v) is 9.95. The van der Waals surface area contributed by atoms with E-state index in [4.69, 9.17) is 5.21 Å². The smallest absolute Gasteiger partial charge is 0.411 e. The number of carbonyl (C=O) groups is 1. The van der Waals surface area contributed by atoms with Crippen molar-refractivity contribution in [3.8, 4) is 0 Å². The molecule has 0 radical (unpaired) electrons. The Kier molecular flexibility index (Phi) is 7.58. The van der Waals surface area contributed by atoms with Crippen molar-refractivity contribution in [3.05, 3.63) is 101 Å². The lowest BCUT2D eigenvalue weighted by molar-refractivity contribution is -0.138. The molecule has 1 aliphatic rings. The molecule has 182 valence electrons. The predicted octanol–water partition coefficient (Wildman–Crippen LogP) is 5.63. The SMILES string of the molecule is O=C(/C=C/C=C(c1ccc(C(F)(F)F)cc1)c1ccc(C(F)(F)F)cc1)NC1=CC=NCC1=NO. The first-order valence-electron chi connectivity index (χ1n) is 9.95. The largest absolute Gasteiger partial charge is 0.416 e. The summed E-state index contributed by atoms with van der Waals surface area (Å²) in [6.45, 7) is 0.0677. The Balaban J connectivity index is 1.91. The van der Waals surface area contributed by atoms with Crippen LogP contribution in [0.2, 0.25) is 0 Å². The van der Waals surface area contributed by atoms with Crippen molar-refractivity contribution in [2.75, 3.05) is 6.54 Å². The van der Waals surface area contributed by atoms with E-state index in [9.17, 15) is 31.1 Å². The van der Waals surface area contributed by atoms with E-state index in [1.807, 2.05) is 0 Å². The van der Waals surface area contributed by atoms with E-state index in [1.165, 1.54) is 48.7 Å². The summed E-state index contributed by atoms with van der Waals surface area (Å²) < 4.78 is 77.5. The summed E-state index contributed by atoms with van der Waals surface area (Å²) in [4.78, 5) is 16.1. The lowest BCUT2D eigenvalue weighted by Crippen LogP contribution is -2.28. The fraction of sp³-hybridized carbons (Fsp3) is 0.125. The van der Waals surface area contributed by atoms with Gasteiger partial charge in [0, 0.05) is 12.3 Å². The van der Waals surface area contributed by atoms with Crippen molar-refractivity contribution in [3.63, 3.8) is 0 Å². The quantitative estimate of drug-likeness (QED) is 0.186. The van der Waals surface area contributed by atoms with Crippen LogP contribution in [0.5, 0.6) is 0 Å². The highest BCUT2D eigenvalue weighted by Gasteiger charge is 2.31. The molecule has 0 aliphatic carbocycles. The maximum Gasteiger partial charge on any atom is 0.416 e. The summed E-state index contributed by atoms with van der Waals surface area (Å²) in [7, 11) is 0. The molecular formula is C24H17F6N3O2. The van der Waals surface area contributed by atoms with Crippen molar-refractivity contribution >= 4 is 23.4 Å². The minimum atomic E-state index is -4.55.